The van der Waals surface area contributed by atoms with Crippen LogP contribution in [0.4, 0.5) is 5.00 Å². The van der Waals surface area contributed by atoms with E-state index in [4.69, 9.17) is 9.26 Å². The number of esters is 1. The van der Waals surface area contributed by atoms with Crippen molar-refractivity contribution in [2.24, 2.45) is 0 Å². The SMILES string of the molecule is COC(=O)c1c(NC(=O)CCSc2c([O-])on[n+]2-c2ccccc2)sc2c1CCN(C(C)=O)C2. The molecule has 34 heavy (non-hydrogen) atoms. The number of thioether (sulfide) groups is 1. The van der Waals surface area contributed by atoms with Crippen molar-refractivity contribution < 1.29 is 33.4 Å². The number of carbonyl (C=O) groups excluding carboxylic acids is 3. The van der Waals surface area contributed by atoms with Crippen molar-refractivity contribution in [3.63, 3.8) is 0 Å². The molecule has 1 aromatic carbocycles. The first kappa shape index (κ1) is 23.8. The minimum Gasteiger partial charge on any atom is -0.538 e. The number of ether oxygens (including phenoxy) is 1. The molecule has 4 rings (SSSR count). The van der Waals surface area contributed by atoms with Gasteiger partial charge >= 0.3 is 5.97 Å². The van der Waals surface area contributed by atoms with Gasteiger partial charge in [-0.15, -0.1) is 11.3 Å². The minimum absolute atomic E-state index is 0.0412. The molecule has 1 aliphatic rings. The maximum atomic E-state index is 12.7. The number of anilines is 1. The molecule has 0 spiro atoms. The normalized spacial score (nSPS) is 12.8. The molecule has 0 saturated heterocycles. The zero-order chi connectivity index (χ0) is 24.2. The van der Waals surface area contributed by atoms with Gasteiger partial charge in [-0.05, 0) is 16.7 Å². The average Bonchev–Trinajstić information content (AvgIpc) is 3.38. The molecule has 0 aliphatic carbocycles. The Kier molecular flexibility index (Phi) is 7.17. The molecule has 2 amide bonds. The molecule has 12 heteroatoms. The summed E-state index contributed by atoms with van der Waals surface area (Å²) in [6.07, 6.45) is 0.605. The standard InChI is InChI=1S/C22H22N4O6S2/c1-13(27)25-10-8-15-16(12-25)34-19(18(15)21(29)31-2)23-17(28)9-11-33-20-22(30)32-24-26(20)14-6-4-3-5-7-14/h3-7H,8-12H2,1-2H3,(H-,23,24,28,29,30). The molecule has 178 valence electrons. The fourth-order valence-electron chi connectivity index (χ4n) is 3.60. The van der Waals surface area contributed by atoms with Gasteiger partial charge in [0.05, 0.1) is 24.5 Å². The number of fused-ring (bicyclic) bond motifs is 1. The molecule has 1 N–H and O–H groups in total. The molecule has 3 heterocycles. The van der Waals surface area contributed by atoms with Gasteiger partial charge in [0.15, 0.2) is 5.95 Å². The van der Waals surface area contributed by atoms with Crippen LogP contribution in [0.15, 0.2) is 39.9 Å². The van der Waals surface area contributed by atoms with Crippen molar-refractivity contribution in [3.8, 4) is 11.6 Å². The number of nitrogens with zero attached hydrogens (tertiary/aromatic N) is 3. The Morgan fingerprint density at radius 3 is 2.79 bits per heavy atom. The number of methoxy groups -OCH3 is 1. The van der Waals surface area contributed by atoms with Gasteiger partial charge in [-0.2, -0.15) is 0 Å². The molecule has 1 aliphatic heterocycles. The smallest absolute Gasteiger partial charge is 0.341 e. The fourth-order valence-corrected chi connectivity index (χ4v) is 5.77. The summed E-state index contributed by atoms with van der Waals surface area (Å²) in [7, 11) is 1.29. The van der Waals surface area contributed by atoms with Crippen LogP contribution < -0.4 is 15.1 Å². The Morgan fingerprint density at radius 1 is 1.32 bits per heavy atom. The summed E-state index contributed by atoms with van der Waals surface area (Å²) in [5, 5.41) is 19.3. The van der Waals surface area contributed by atoms with Gasteiger partial charge in [-0.25, -0.2) is 4.79 Å². The third-order valence-electron chi connectivity index (χ3n) is 5.29. The monoisotopic (exact) mass is 502 g/mol. The van der Waals surface area contributed by atoms with Crippen LogP contribution in [0.3, 0.4) is 0 Å². The van der Waals surface area contributed by atoms with Crippen molar-refractivity contribution in [3.05, 3.63) is 46.3 Å². The van der Waals surface area contributed by atoms with Crippen LogP contribution in [0, 0.1) is 0 Å². The second kappa shape index (κ2) is 10.3. The van der Waals surface area contributed by atoms with Crippen LogP contribution in [0.2, 0.25) is 0 Å². The highest BCUT2D eigenvalue weighted by Crippen LogP contribution is 2.38. The number of hydrogen-bond donors (Lipinski definition) is 1. The summed E-state index contributed by atoms with van der Waals surface area (Å²) in [6.45, 7) is 2.40. The summed E-state index contributed by atoms with van der Waals surface area (Å²) >= 11 is 2.44. The quantitative estimate of drug-likeness (QED) is 0.295. The third-order valence-corrected chi connectivity index (χ3v) is 7.44. The van der Waals surface area contributed by atoms with E-state index in [2.05, 4.69) is 10.6 Å². The second-order valence-electron chi connectivity index (χ2n) is 7.45. The molecule has 3 aromatic rings. The van der Waals surface area contributed by atoms with E-state index in [1.54, 1.807) is 17.0 Å². The topological polar surface area (TPSA) is 129 Å². The van der Waals surface area contributed by atoms with E-state index in [9.17, 15) is 19.5 Å². The molecule has 0 unspecified atom stereocenters. The van der Waals surface area contributed by atoms with E-state index in [0.717, 1.165) is 22.2 Å². The molecule has 0 saturated carbocycles. The summed E-state index contributed by atoms with van der Waals surface area (Å²) in [4.78, 5) is 39.4. The third kappa shape index (κ3) is 4.92. The van der Waals surface area contributed by atoms with Gasteiger partial charge in [0.2, 0.25) is 17.5 Å². The van der Waals surface area contributed by atoms with Crippen LogP contribution in [0.5, 0.6) is 5.95 Å². The largest absolute Gasteiger partial charge is 0.538 e. The first-order valence-corrected chi connectivity index (χ1v) is 12.2. The number of amides is 2. The predicted molar refractivity (Wildman–Crippen MR) is 122 cm³/mol. The van der Waals surface area contributed by atoms with E-state index in [0.29, 0.717) is 41.5 Å². The fraction of sp³-hybridized carbons (Fsp3) is 0.318. The van der Waals surface area contributed by atoms with Crippen molar-refractivity contribution in [2.45, 2.75) is 31.3 Å². The van der Waals surface area contributed by atoms with Crippen LogP contribution in [-0.2, 0) is 27.3 Å². The minimum atomic E-state index is -0.580. The van der Waals surface area contributed by atoms with Crippen molar-refractivity contribution in [2.75, 3.05) is 24.7 Å². The van der Waals surface area contributed by atoms with Gasteiger partial charge in [0.25, 0.3) is 5.03 Å². The number of thiophene rings is 1. The van der Waals surface area contributed by atoms with Gasteiger partial charge in [-0.3, -0.25) is 9.59 Å². The highest BCUT2D eigenvalue weighted by Gasteiger charge is 2.30. The maximum Gasteiger partial charge on any atom is 0.341 e. The lowest BCUT2D eigenvalue weighted by molar-refractivity contribution is -0.705. The van der Waals surface area contributed by atoms with Gasteiger partial charge < -0.3 is 24.6 Å². The first-order valence-electron chi connectivity index (χ1n) is 10.4. The number of hydrogen-bond acceptors (Lipinski definition) is 9. The van der Waals surface area contributed by atoms with E-state index >= 15 is 0 Å². The summed E-state index contributed by atoms with van der Waals surface area (Å²) in [6, 6.07) is 9.07. The lowest BCUT2D eigenvalue weighted by atomic mass is 10.0. The Bertz CT molecular complexity index is 1220. The Hall–Kier alpha value is -3.38. The van der Waals surface area contributed by atoms with E-state index < -0.39 is 11.9 Å². The lowest BCUT2D eigenvalue weighted by Crippen LogP contribution is -2.34. The van der Waals surface area contributed by atoms with Gasteiger partial charge in [0, 0.05) is 42.7 Å². The van der Waals surface area contributed by atoms with E-state index in [1.807, 2.05) is 18.2 Å². The second-order valence-corrected chi connectivity index (χ2v) is 9.64. The molecule has 0 bridgehead atoms. The molecule has 10 nitrogen and oxygen atoms in total. The summed E-state index contributed by atoms with van der Waals surface area (Å²) < 4.78 is 11.1. The number of carbonyl (C=O) groups is 3. The molecule has 0 atom stereocenters. The van der Waals surface area contributed by atoms with E-state index in [-0.39, 0.29) is 23.3 Å². The first-order chi connectivity index (χ1) is 16.4. The van der Waals surface area contributed by atoms with Crippen LogP contribution in [0.25, 0.3) is 5.69 Å². The number of aromatic nitrogens is 2. The Labute approximate surface area is 203 Å². The number of para-hydroxylation sites is 1. The highest BCUT2D eigenvalue weighted by atomic mass is 32.2. The zero-order valence-electron chi connectivity index (χ0n) is 18.5. The molecule has 0 fully saturated rings. The zero-order valence-corrected chi connectivity index (χ0v) is 20.2. The molecule has 2 aromatic heterocycles. The number of nitrogens with one attached hydrogen (secondary N) is 1. The van der Waals surface area contributed by atoms with E-state index in [1.165, 1.54) is 30.1 Å². The molecular weight excluding hydrogens is 480 g/mol. The molecule has 0 radical (unpaired) electrons. The van der Waals surface area contributed by atoms with Crippen molar-refractivity contribution in [1.82, 2.24) is 10.2 Å². The van der Waals surface area contributed by atoms with Crippen LogP contribution in [-0.4, -0.2) is 47.4 Å². The summed E-state index contributed by atoms with van der Waals surface area (Å²) in [5.74, 6) is -1.16. The van der Waals surface area contributed by atoms with Crippen molar-refractivity contribution in [1.29, 1.82) is 0 Å². The van der Waals surface area contributed by atoms with Gasteiger partial charge in [-0.1, -0.05) is 30.0 Å². The summed E-state index contributed by atoms with van der Waals surface area (Å²) in [5.41, 5.74) is 1.82. The van der Waals surface area contributed by atoms with Gasteiger partial charge in [0.1, 0.15) is 5.00 Å². The lowest BCUT2D eigenvalue weighted by Gasteiger charge is -2.25. The average molecular weight is 503 g/mol. The van der Waals surface area contributed by atoms with Crippen LogP contribution in [0.1, 0.15) is 34.1 Å². The number of benzene rings is 1. The highest BCUT2D eigenvalue weighted by molar-refractivity contribution is 7.99. The van der Waals surface area contributed by atoms with Crippen LogP contribution >= 0.6 is 23.1 Å². The van der Waals surface area contributed by atoms with Crippen molar-refractivity contribution >= 4 is 45.9 Å². The number of rotatable bonds is 7. The Morgan fingerprint density at radius 2 is 2.09 bits per heavy atom. The Balaban J connectivity index is 1.44. The molecular formula is C22H22N4O6S2. The maximum absolute atomic E-state index is 12.7. The predicted octanol–water partition coefficient (Wildman–Crippen LogP) is 1.90.